The van der Waals surface area contributed by atoms with E-state index in [-0.39, 0.29) is 5.25 Å². The molecule has 72 valence electrons. The van der Waals surface area contributed by atoms with E-state index in [1.807, 2.05) is 18.2 Å². The van der Waals surface area contributed by atoms with Crippen LogP contribution in [-0.2, 0) is 6.42 Å². The number of hydrogen-bond donors (Lipinski definition) is 2. The van der Waals surface area contributed by atoms with Crippen molar-refractivity contribution in [3.63, 3.8) is 0 Å². The van der Waals surface area contributed by atoms with Crippen LogP contribution in [-0.4, -0.2) is 16.3 Å². The summed E-state index contributed by atoms with van der Waals surface area (Å²) < 4.78 is 0. The monoisotopic (exact) mass is 205 g/mol. The minimum atomic E-state index is 0.143. The molecule has 0 bridgehead atoms. The first-order valence-electron chi connectivity index (χ1n) is 4.39. The number of amidine groups is 2. The Bertz CT molecular complexity index is 372. The predicted octanol–water partition coefficient (Wildman–Crippen LogP) is 1.64. The van der Waals surface area contributed by atoms with Gasteiger partial charge in [0.25, 0.3) is 0 Å². The fourth-order valence-electron chi connectivity index (χ4n) is 1.39. The second-order valence-electron chi connectivity index (χ2n) is 3.14. The maximum Gasteiger partial charge on any atom is 0.182 e. The summed E-state index contributed by atoms with van der Waals surface area (Å²) >= 11 is 1.42. The molecule has 0 radical (unpaired) electrons. The zero-order valence-corrected chi connectivity index (χ0v) is 8.42. The lowest BCUT2D eigenvalue weighted by molar-refractivity contribution is 1.06. The quantitative estimate of drug-likeness (QED) is 0.771. The van der Waals surface area contributed by atoms with E-state index in [9.17, 15) is 0 Å². The van der Waals surface area contributed by atoms with Crippen LogP contribution in [0.15, 0.2) is 35.3 Å². The summed E-state index contributed by atoms with van der Waals surface area (Å²) in [5.41, 5.74) is 6.94. The fourth-order valence-corrected chi connectivity index (χ4v) is 2.26. The van der Waals surface area contributed by atoms with Crippen molar-refractivity contribution in [1.82, 2.24) is 0 Å². The van der Waals surface area contributed by atoms with Crippen molar-refractivity contribution >= 4 is 22.8 Å². The normalized spacial score (nSPS) is 21.0. The van der Waals surface area contributed by atoms with Gasteiger partial charge in [-0.15, -0.1) is 0 Å². The average Bonchev–Trinajstić information content (AvgIpc) is 2.47. The molecule has 0 amide bonds. The van der Waals surface area contributed by atoms with Crippen molar-refractivity contribution in [2.45, 2.75) is 11.7 Å². The van der Waals surface area contributed by atoms with Gasteiger partial charge < -0.3 is 5.73 Å². The highest BCUT2D eigenvalue weighted by atomic mass is 32.2. The lowest BCUT2D eigenvalue weighted by Gasteiger charge is -2.07. The molecule has 3 nitrogen and oxygen atoms in total. The topological polar surface area (TPSA) is 62.2 Å². The summed E-state index contributed by atoms with van der Waals surface area (Å²) in [5, 5.41) is 7.84. The van der Waals surface area contributed by atoms with Crippen LogP contribution in [0.1, 0.15) is 5.56 Å². The van der Waals surface area contributed by atoms with Crippen molar-refractivity contribution in [3.8, 4) is 0 Å². The molecule has 0 aliphatic carbocycles. The van der Waals surface area contributed by atoms with Crippen LogP contribution < -0.4 is 5.73 Å². The standard InChI is InChI=1S/C10H11N3S/c11-9-8(14-10(12)13-9)6-7-4-2-1-3-5-7/h1-5,8H,6H2,(H3,11,12,13)/t8-/m0/s1. The highest BCUT2D eigenvalue weighted by molar-refractivity contribution is 8.15. The van der Waals surface area contributed by atoms with Gasteiger partial charge in [-0.05, 0) is 12.0 Å². The maximum atomic E-state index is 7.37. The number of benzene rings is 1. The average molecular weight is 205 g/mol. The van der Waals surface area contributed by atoms with Crippen molar-refractivity contribution in [3.05, 3.63) is 35.9 Å². The van der Waals surface area contributed by atoms with E-state index in [1.54, 1.807) is 0 Å². The third kappa shape index (κ3) is 1.96. The van der Waals surface area contributed by atoms with E-state index >= 15 is 0 Å². The fraction of sp³-hybridized carbons (Fsp3) is 0.200. The van der Waals surface area contributed by atoms with Gasteiger partial charge in [0.05, 0.1) is 5.25 Å². The first-order valence-corrected chi connectivity index (χ1v) is 5.27. The summed E-state index contributed by atoms with van der Waals surface area (Å²) in [6.45, 7) is 0. The molecule has 3 N–H and O–H groups in total. The van der Waals surface area contributed by atoms with Gasteiger partial charge in [-0.3, -0.25) is 5.41 Å². The molecule has 1 heterocycles. The molecule has 0 saturated heterocycles. The zero-order valence-electron chi connectivity index (χ0n) is 7.60. The molecule has 14 heavy (non-hydrogen) atoms. The number of thioether (sulfide) groups is 1. The van der Waals surface area contributed by atoms with Crippen molar-refractivity contribution < 1.29 is 0 Å². The molecular formula is C10H11N3S. The van der Waals surface area contributed by atoms with E-state index in [0.29, 0.717) is 11.0 Å². The summed E-state index contributed by atoms with van der Waals surface area (Å²) in [6.07, 6.45) is 0.850. The third-order valence-corrected chi connectivity index (χ3v) is 3.09. The number of nitrogens with zero attached hydrogens (tertiary/aromatic N) is 1. The first kappa shape index (κ1) is 9.27. The van der Waals surface area contributed by atoms with Crippen LogP contribution in [0.4, 0.5) is 0 Å². The van der Waals surface area contributed by atoms with Gasteiger partial charge in [0.15, 0.2) is 5.17 Å². The number of nitrogens with two attached hydrogens (primary N) is 1. The van der Waals surface area contributed by atoms with Crippen molar-refractivity contribution in [1.29, 1.82) is 5.41 Å². The number of rotatable bonds is 2. The molecule has 0 saturated carbocycles. The minimum absolute atomic E-state index is 0.143. The highest BCUT2D eigenvalue weighted by Crippen LogP contribution is 2.23. The molecule has 4 heteroatoms. The zero-order chi connectivity index (χ0) is 9.97. The van der Waals surface area contributed by atoms with E-state index in [0.717, 1.165) is 6.42 Å². The lowest BCUT2D eigenvalue weighted by atomic mass is 10.1. The van der Waals surface area contributed by atoms with Crippen LogP contribution in [0.5, 0.6) is 0 Å². The van der Waals surface area contributed by atoms with Gasteiger partial charge in [-0.1, -0.05) is 42.1 Å². The van der Waals surface area contributed by atoms with Crippen LogP contribution in [0.25, 0.3) is 0 Å². The molecule has 1 aromatic rings. The summed E-state index contributed by atoms with van der Waals surface area (Å²) in [7, 11) is 0. The molecule has 2 rings (SSSR count). The highest BCUT2D eigenvalue weighted by Gasteiger charge is 2.23. The third-order valence-electron chi connectivity index (χ3n) is 2.08. The second kappa shape index (κ2) is 3.84. The number of aliphatic imine (C=N–C) groups is 1. The summed E-state index contributed by atoms with van der Waals surface area (Å²) in [6, 6.07) is 10.1. The van der Waals surface area contributed by atoms with Gasteiger partial charge in [-0.2, -0.15) is 0 Å². The molecule has 0 unspecified atom stereocenters. The van der Waals surface area contributed by atoms with Gasteiger partial charge >= 0.3 is 0 Å². The molecular weight excluding hydrogens is 194 g/mol. The summed E-state index contributed by atoms with van der Waals surface area (Å²) in [5.74, 6) is 0.573. The largest absolute Gasteiger partial charge is 0.386 e. The smallest absolute Gasteiger partial charge is 0.182 e. The van der Waals surface area contributed by atoms with Gasteiger partial charge in [0.1, 0.15) is 5.84 Å². The van der Waals surface area contributed by atoms with E-state index in [4.69, 9.17) is 11.1 Å². The van der Waals surface area contributed by atoms with E-state index in [2.05, 4.69) is 17.1 Å². The second-order valence-corrected chi connectivity index (χ2v) is 4.33. The Morgan fingerprint density at radius 2 is 2.07 bits per heavy atom. The van der Waals surface area contributed by atoms with Crippen molar-refractivity contribution in [2.75, 3.05) is 0 Å². The molecule has 1 aromatic carbocycles. The van der Waals surface area contributed by atoms with Crippen LogP contribution in [0, 0.1) is 5.41 Å². The van der Waals surface area contributed by atoms with E-state index in [1.165, 1.54) is 17.3 Å². The molecule has 1 aliphatic heterocycles. The van der Waals surface area contributed by atoms with Crippen LogP contribution in [0.2, 0.25) is 0 Å². The number of hydrogen-bond acceptors (Lipinski definition) is 3. The van der Waals surface area contributed by atoms with Gasteiger partial charge in [0.2, 0.25) is 0 Å². The molecule has 1 atom stereocenters. The van der Waals surface area contributed by atoms with Crippen LogP contribution >= 0.6 is 11.8 Å². The Hall–Kier alpha value is -1.29. The maximum absolute atomic E-state index is 7.37. The summed E-state index contributed by atoms with van der Waals surface area (Å²) in [4.78, 5) is 3.91. The first-order chi connectivity index (χ1) is 6.75. The Morgan fingerprint density at radius 3 is 2.64 bits per heavy atom. The van der Waals surface area contributed by atoms with Crippen LogP contribution in [0.3, 0.4) is 0 Å². The van der Waals surface area contributed by atoms with Gasteiger partial charge in [-0.25, -0.2) is 4.99 Å². The Balaban J connectivity index is 2.07. The van der Waals surface area contributed by atoms with Gasteiger partial charge in [0, 0.05) is 0 Å². The number of nitrogens with one attached hydrogen (secondary N) is 1. The SMILES string of the molecule is N=C1N=C(N)[C@H](Cc2ccccc2)S1. The predicted molar refractivity (Wildman–Crippen MR) is 60.9 cm³/mol. The Morgan fingerprint density at radius 1 is 1.36 bits per heavy atom. The Labute approximate surface area is 86.9 Å². The lowest BCUT2D eigenvalue weighted by Crippen LogP contribution is -2.24. The molecule has 0 aromatic heterocycles. The Kier molecular flexibility index (Phi) is 2.54. The molecule has 0 fully saturated rings. The molecule has 1 aliphatic rings. The minimum Gasteiger partial charge on any atom is -0.386 e. The molecule has 0 spiro atoms. The van der Waals surface area contributed by atoms with Crippen molar-refractivity contribution in [2.24, 2.45) is 10.7 Å². The van der Waals surface area contributed by atoms with E-state index < -0.39 is 0 Å².